The molecule has 2 rings (SSSR count). The normalized spacial score (nSPS) is 16.8. The van der Waals surface area contributed by atoms with E-state index in [9.17, 15) is 14.5 Å². The van der Waals surface area contributed by atoms with E-state index in [1.807, 2.05) is 0 Å². The monoisotopic (exact) mass is 415 g/mol. The van der Waals surface area contributed by atoms with Crippen LogP contribution in [0.25, 0.3) is 0 Å². The SMILES string of the molecule is O=[N+]([O-])c1cc(F)c(OCCSI)c(OCC2CO2)c1. The highest BCUT2D eigenvalue weighted by molar-refractivity contribution is 14.2. The lowest BCUT2D eigenvalue weighted by atomic mass is 10.2. The summed E-state index contributed by atoms with van der Waals surface area (Å²) in [6.45, 7) is 1.09. The molecule has 0 radical (unpaired) electrons. The summed E-state index contributed by atoms with van der Waals surface area (Å²) in [7, 11) is 1.52. The zero-order valence-corrected chi connectivity index (χ0v) is 13.2. The van der Waals surface area contributed by atoms with Gasteiger partial charge in [-0.1, -0.05) is 8.93 Å². The second-order valence-electron chi connectivity index (χ2n) is 3.94. The van der Waals surface area contributed by atoms with Gasteiger partial charge < -0.3 is 14.2 Å². The highest BCUT2D eigenvalue weighted by atomic mass is 127. The first-order valence-electron chi connectivity index (χ1n) is 5.70. The summed E-state index contributed by atoms with van der Waals surface area (Å²) in [5.74, 6) is -0.195. The quantitative estimate of drug-likeness (QED) is 0.214. The number of hydrogen-bond donors (Lipinski definition) is 0. The van der Waals surface area contributed by atoms with Gasteiger partial charge in [0.2, 0.25) is 0 Å². The molecule has 0 spiro atoms. The molecule has 9 heteroatoms. The predicted molar refractivity (Wildman–Crippen MR) is 80.3 cm³/mol. The number of nitrogens with zero attached hydrogens (tertiary/aromatic N) is 1. The number of rotatable bonds is 8. The van der Waals surface area contributed by atoms with Gasteiger partial charge in [-0.2, -0.15) is 0 Å². The molecule has 0 N–H and O–H groups in total. The molecule has 1 unspecified atom stereocenters. The fourth-order valence-electron chi connectivity index (χ4n) is 1.43. The Bertz CT molecular complexity index is 500. The Kier molecular flexibility index (Phi) is 5.66. The second-order valence-corrected chi connectivity index (χ2v) is 6.43. The third-order valence-corrected chi connectivity index (χ3v) is 4.08. The van der Waals surface area contributed by atoms with Crippen LogP contribution in [0, 0.1) is 15.9 Å². The molecular weight excluding hydrogens is 404 g/mol. The number of benzene rings is 1. The molecular formula is C11H11FINO5S. The molecule has 1 saturated heterocycles. The highest BCUT2D eigenvalue weighted by Gasteiger charge is 2.25. The maximum Gasteiger partial charge on any atom is 0.276 e. The minimum absolute atomic E-state index is 0.0323. The van der Waals surface area contributed by atoms with Gasteiger partial charge in [-0.05, 0) is 21.2 Å². The number of nitro groups is 1. The Morgan fingerprint density at radius 2 is 2.30 bits per heavy atom. The van der Waals surface area contributed by atoms with Gasteiger partial charge in [0.25, 0.3) is 5.69 Å². The van der Waals surface area contributed by atoms with Crippen LogP contribution in [-0.2, 0) is 4.74 Å². The lowest BCUT2D eigenvalue weighted by Gasteiger charge is -2.12. The summed E-state index contributed by atoms with van der Waals surface area (Å²) in [6, 6.07) is 1.99. The highest BCUT2D eigenvalue weighted by Crippen LogP contribution is 2.35. The van der Waals surface area contributed by atoms with Crippen molar-refractivity contribution >= 4 is 35.8 Å². The predicted octanol–water partition coefficient (Wildman–Crippen LogP) is 2.97. The Labute approximate surface area is 130 Å². The van der Waals surface area contributed by atoms with E-state index in [1.165, 1.54) is 8.93 Å². The average molecular weight is 415 g/mol. The van der Waals surface area contributed by atoms with Crippen molar-refractivity contribution in [1.82, 2.24) is 0 Å². The zero-order chi connectivity index (χ0) is 14.5. The van der Waals surface area contributed by atoms with Crippen molar-refractivity contribution in [2.75, 3.05) is 25.6 Å². The van der Waals surface area contributed by atoms with E-state index in [2.05, 4.69) is 21.2 Å². The Morgan fingerprint density at radius 3 is 2.90 bits per heavy atom. The van der Waals surface area contributed by atoms with Crippen molar-refractivity contribution < 1.29 is 23.5 Å². The fourth-order valence-corrected chi connectivity index (χ4v) is 2.12. The molecule has 110 valence electrons. The Balaban J connectivity index is 2.17. The largest absolute Gasteiger partial charge is 0.487 e. The third kappa shape index (κ3) is 4.35. The molecule has 6 nitrogen and oxygen atoms in total. The molecule has 1 aliphatic heterocycles. The minimum atomic E-state index is -0.802. The van der Waals surface area contributed by atoms with Crippen molar-refractivity contribution in [2.24, 2.45) is 0 Å². The van der Waals surface area contributed by atoms with Gasteiger partial charge >= 0.3 is 0 Å². The number of non-ortho nitro benzene ring substituents is 1. The molecule has 1 aliphatic rings. The first kappa shape index (κ1) is 15.6. The first-order chi connectivity index (χ1) is 9.61. The van der Waals surface area contributed by atoms with E-state index in [0.717, 1.165) is 12.1 Å². The van der Waals surface area contributed by atoms with E-state index in [0.29, 0.717) is 19.0 Å². The van der Waals surface area contributed by atoms with Crippen LogP contribution in [0.3, 0.4) is 0 Å². The van der Waals surface area contributed by atoms with Gasteiger partial charge in [0.05, 0.1) is 30.3 Å². The molecule has 0 saturated carbocycles. The van der Waals surface area contributed by atoms with Crippen molar-refractivity contribution in [3.63, 3.8) is 0 Å². The summed E-state index contributed by atoms with van der Waals surface area (Å²) in [4.78, 5) is 10.1. The van der Waals surface area contributed by atoms with Gasteiger partial charge in [-0.15, -0.1) is 0 Å². The van der Waals surface area contributed by atoms with Crippen LogP contribution in [0.1, 0.15) is 0 Å². The van der Waals surface area contributed by atoms with Gasteiger partial charge in [0, 0.05) is 5.75 Å². The molecule has 0 amide bonds. The van der Waals surface area contributed by atoms with Crippen LogP contribution in [0.4, 0.5) is 10.1 Å². The van der Waals surface area contributed by atoms with Crippen LogP contribution in [0.2, 0.25) is 0 Å². The summed E-state index contributed by atoms with van der Waals surface area (Å²) in [5, 5.41) is 10.7. The average Bonchev–Trinajstić information content (AvgIpc) is 3.22. The zero-order valence-electron chi connectivity index (χ0n) is 10.2. The third-order valence-electron chi connectivity index (χ3n) is 2.44. The maximum atomic E-state index is 13.9. The summed E-state index contributed by atoms with van der Waals surface area (Å²) < 4.78 is 29.5. The number of nitro benzene ring substituents is 1. The molecule has 1 fully saturated rings. The number of ether oxygens (including phenoxy) is 3. The van der Waals surface area contributed by atoms with E-state index in [1.54, 1.807) is 0 Å². The van der Waals surface area contributed by atoms with Crippen LogP contribution < -0.4 is 9.47 Å². The van der Waals surface area contributed by atoms with Crippen LogP contribution in [-0.4, -0.2) is 36.6 Å². The number of epoxide rings is 1. The van der Waals surface area contributed by atoms with E-state index in [4.69, 9.17) is 14.2 Å². The minimum Gasteiger partial charge on any atom is -0.487 e. The summed E-state index contributed by atoms with van der Waals surface area (Å²) in [6.07, 6.45) is -0.0323. The van der Waals surface area contributed by atoms with Crippen molar-refractivity contribution in [3.05, 3.63) is 28.1 Å². The molecule has 0 aliphatic carbocycles. The number of halogens is 2. The molecule has 0 bridgehead atoms. The lowest BCUT2D eigenvalue weighted by Crippen LogP contribution is -2.08. The van der Waals surface area contributed by atoms with Crippen LogP contribution in [0.5, 0.6) is 11.5 Å². The maximum absolute atomic E-state index is 13.9. The van der Waals surface area contributed by atoms with E-state index >= 15 is 0 Å². The molecule has 1 aromatic carbocycles. The second kappa shape index (κ2) is 7.27. The summed E-state index contributed by atoms with van der Waals surface area (Å²) >= 11 is 2.10. The van der Waals surface area contributed by atoms with Gasteiger partial charge in [0.15, 0.2) is 17.3 Å². The van der Waals surface area contributed by atoms with E-state index < -0.39 is 10.7 Å². The summed E-state index contributed by atoms with van der Waals surface area (Å²) in [5.41, 5.74) is -0.371. The van der Waals surface area contributed by atoms with Gasteiger partial charge in [0.1, 0.15) is 12.7 Å². The topological polar surface area (TPSA) is 74.1 Å². The van der Waals surface area contributed by atoms with Crippen LogP contribution >= 0.6 is 30.1 Å². The van der Waals surface area contributed by atoms with Crippen molar-refractivity contribution in [2.45, 2.75) is 6.10 Å². The molecule has 1 aromatic rings. The molecule has 1 atom stereocenters. The molecule has 0 aromatic heterocycles. The number of hydrogen-bond acceptors (Lipinski definition) is 6. The van der Waals surface area contributed by atoms with Gasteiger partial charge in [-0.3, -0.25) is 10.1 Å². The molecule has 20 heavy (non-hydrogen) atoms. The molecule has 1 heterocycles. The first-order valence-corrected chi connectivity index (χ1v) is 9.23. The Hall–Kier alpha value is -0.810. The van der Waals surface area contributed by atoms with E-state index in [-0.39, 0.29) is 29.9 Å². The van der Waals surface area contributed by atoms with Crippen molar-refractivity contribution in [3.8, 4) is 11.5 Å². The smallest absolute Gasteiger partial charge is 0.276 e. The standard InChI is InChI=1S/C11H11FINO5S/c12-9-3-7(14(15)16)4-10(19-6-8-5-18-8)11(9)17-1-2-20-13/h3-4,8H,1-2,5-6H2. The van der Waals surface area contributed by atoms with Gasteiger partial charge in [-0.25, -0.2) is 4.39 Å². The van der Waals surface area contributed by atoms with Crippen LogP contribution in [0.15, 0.2) is 12.1 Å². The lowest BCUT2D eigenvalue weighted by molar-refractivity contribution is -0.385. The Morgan fingerprint density at radius 1 is 1.55 bits per heavy atom. The fraction of sp³-hybridized carbons (Fsp3) is 0.455. The van der Waals surface area contributed by atoms with Crippen molar-refractivity contribution in [1.29, 1.82) is 0 Å².